The number of aliphatic hydroxyl groups is 1. The minimum Gasteiger partial charge on any atom is -0.445 e. The lowest BCUT2D eigenvalue weighted by atomic mass is 9.91. The van der Waals surface area contributed by atoms with Gasteiger partial charge in [0.25, 0.3) is 6.43 Å². The molecule has 204 valence electrons. The first-order valence-electron chi connectivity index (χ1n) is 13.2. The molecule has 1 aromatic carbocycles. The molecule has 2 heterocycles. The Bertz CT molecular complexity index is 1540. The average Bonchev–Trinajstić information content (AvgIpc) is 3.57. The number of sulfone groups is 1. The number of fused-ring (bicyclic) bond motifs is 1. The number of alkyl halides is 2. The highest BCUT2D eigenvalue weighted by molar-refractivity contribution is 7.91. The molecule has 2 aromatic heterocycles. The van der Waals surface area contributed by atoms with Crippen molar-refractivity contribution in [1.29, 1.82) is 0 Å². The highest BCUT2D eigenvalue weighted by atomic mass is 32.2. The van der Waals surface area contributed by atoms with Gasteiger partial charge in [0.15, 0.2) is 0 Å². The van der Waals surface area contributed by atoms with Gasteiger partial charge < -0.3 is 9.52 Å². The lowest BCUT2D eigenvalue weighted by Crippen LogP contribution is -2.25. The van der Waals surface area contributed by atoms with Gasteiger partial charge in [0.1, 0.15) is 5.58 Å². The summed E-state index contributed by atoms with van der Waals surface area (Å²) < 4.78 is 57.6. The van der Waals surface area contributed by atoms with Gasteiger partial charge in [0.2, 0.25) is 14.9 Å². The minimum atomic E-state index is -3.59. The Morgan fingerprint density at radius 1 is 1.13 bits per heavy atom. The van der Waals surface area contributed by atoms with Crippen molar-refractivity contribution >= 4 is 26.4 Å². The van der Waals surface area contributed by atoms with Crippen molar-refractivity contribution in [2.45, 2.75) is 62.6 Å². The number of allylic oxidation sites excluding steroid dienone is 5. The second-order valence-electron chi connectivity index (χ2n) is 10.3. The van der Waals surface area contributed by atoms with E-state index in [-0.39, 0.29) is 21.8 Å². The number of halogens is 2. The van der Waals surface area contributed by atoms with Gasteiger partial charge in [-0.2, -0.15) is 0 Å². The van der Waals surface area contributed by atoms with Gasteiger partial charge in [0.05, 0.1) is 11.9 Å². The quantitative estimate of drug-likeness (QED) is 0.264. The first kappa shape index (κ1) is 27.3. The van der Waals surface area contributed by atoms with Crippen molar-refractivity contribution in [3.63, 3.8) is 0 Å². The normalized spacial score (nSPS) is 17.5. The van der Waals surface area contributed by atoms with Crippen LogP contribution in [0.15, 0.2) is 93.8 Å². The van der Waals surface area contributed by atoms with Crippen LogP contribution in [0.25, 0.3) is 16.5 Å². The van der Waals surface area contributed by atoms with Gasteiger partial charge >= 0.3 is 0 Å². The van der Waals surface area contributed by atoms with E-state index in [9.17, 15) is 22.3 Å². The summed E-state index contributed by atoms with van der Waals surface area (Å²) in [5.41, 5.74) is 5.73. The maximum absolute atomic E-state index is 13.1. The van der Waals surface area contributed by atoms with Crippen LogP contribution in [-0.2, 0) is 16.3 Å². The number of pyridine rings is 1. The molecular weight excluding hydrogens is 520 g/mol. The number of benzene rings is 1. The van der Waals surface area contributed by atoms with E-state index in [1.807, 2.05) is 24.3 Å². The monoisotopic (exact) mass is 551 g/mol. The molecule has 0 aliphatic heterocycles. The molecule has 0 amide bonds. The van der Waals surface area contributed by atoms with E-state index in [0.29, 0.717) is 43.3 Å². The summed E-state index contributed by atoms with van der Waals surface area (Å²) in [6.45, 7) is 0. The number of rotatable bonds is 11. The third-order valence-corrected chi connectivity index (χ3v) is 9.19. The molecule has 1 fully saturated rings. The van der Waals surface area contributed by atoms with Crippen LogP contribution >= 0.6 is 0 Å². The minimum absolute atomic E-state index is 0.00656. The maximum Gasteiger partial charge on any atom is 0.263 e. The van der Waals surface area contributed by atoms with Crippen LogP contribution < -0.4 is 0 Å². The van der Waals surface area contributed by atoms with E-state index < -0.39 is 22.4 Å². The van der Waals surface area contributed by atoms with Gasteiger partial charge in [-0.3, -0.25) is 4.98 Å². The summed E-state index contributed by atoms with van der Waals surface area (Å²) >= 11 is 0. The van der Waals surface area contributed by atoms with E-state index in [4.69, 9.17) is 4.42 Å². The van der Waals surface area contributed by atoms with Crippen molar-refractivity contribution in [3.8, 4) is 0 Å². The number of aryl methyl sites for hydroxylation is 1. The third kappa shape index (κ3) is 6.47. The highest BCUT2D eigenvalue weighted by Crippen LogP contribution is 2.53. The van der Waals surface area contributed by atoms with Gasteiger partial charge in [-0.1, -0.05) is 30.4 Å². The zero-order chi connectivity index (χ0) is 27.5. The molecule has 39 heavy (non-hydrogen) atoms. The molecule has 2 aliphatic rings. The second kappa shape index (κ2) is 11.4. The van der Waals surface area contributed by atoms with Crippen LogP contribution in [0.3, 0.4) is 0 Å². The fourth-order valence-corrected chi connectivity index (χ4v) is 6.43. The van der Waals surface area contributed by atoms with Crippen molar-refractivity contribution < 1.29 is 26.7 Å². The SMILES string of the molecule is O=S(=O)(CCC1(C(O)CCCc2cc(C3=C=CCC=C(C(F)F)C=C3)ccn2)CC1)c1cc2ccccc2o1. The Balaban J connectivity index is 1.16. The maximum atomic E-state index is 13.1. The van der Waals surface area contributed by atoms with Crippen molar-refractivity contribution in [3.05, 3.63) is 95.5 Å². The van der Waals surface area contributed by atoms with Crippen molar-refractivity contribution in [1.82, 2.24) is 4.98 Å². The van der Waals surface area contributed by atoms with Gasteiger partial charge in [-0.05, 0) is 86.3 Å². The summed E-state index contributed by atoms with van der Waals surface area (Å²) in [5.74, 6) is -0.0634. The first-order valence-corrected chi connectivity index (χ1v) is 14.9. The number of hydrogen-bond acceptors (Lipinski definition) is 5. The first-order chi connectivity index (χ1) is 18.8. The Labute approximate surface area is 227 Å². The van der Waals surface area contributed by atoms with Crippen LogP contribution in [0, 0.1) is 5.41 Å². The van der Waals surface area contributed by atoms with E-state index >= 15 is 0 Å². The molecule has 1 saturated carbocycles. The summed E-state index contributed by atoms with van der Waals surface area (Å²) in [6.07, 6.45) is 9.16. The standard InChI is InChI=1S/C31H31F2NO4S/c32-30(33)23-7-2-1-6-22(12-13-23)24-14-18-34-26(20-24)9-5-11-28(35)31(15-16-31)17-19-39(36,37)29-21-25-8-3-4-10-27(25)38-29/h1,3-4,7-8,10,12-14,18,20-21,28,30,35H,2,5,9,11,15-17,19H2. The lowest BCUT2D eigenvalue weighted by molar-refractivity contribution is 0.0802. The highest BCUT2D eigenvalue weighted by Gasteiger charge is 2.48. The number of aliphatic hydroxyl groups excluding tert-OH is 1. The van der Waals surface area contributed by atoms with Crippen molar-refractivity contribution in [2.24, 2.45) is 5.41 Å². The van der Waals surface area contributed by atoms with E-state index in [1.165, 1.54) is 12.2 Å². The molecule has 8 heteroatoms. The zero-order valence-corrected chi connectivity index (χ0v) is 22.3. The molecule has 0 spiro atoms. The molecule has 1 atom stereocenters. The van der Waals surface area contributed by atoms with Crippen LogP contribution in [0.5, 0.6) is 0 Å². The fraction of sp³-hybridized carbons (Fsp3) is 0.355. The molecule has 1 unspecified atom stereocenters. The lowest BCUT2D eigenvalue weighted by Gasteiger charge is -2.22. The predicted molar refractivity (Wildman–Crippen MR) is 147 cm³/mol. The number of furan rings is 1. The number of para-hydroxylation sites is 1. The summed E-state index contributed by atoms with van der Waals surface area (Å²) in [5, 5.41) is 11.7. The Morgan fingerprint density at radius 3 is 2.72 bits per heavy atom. The van der Waals surface area contributed by atoms with Crippen LogP contribution in [0.1, 0.15) is 49.8 Å². The molecule has 2 aliphatic carbocycles. The van der Waals surface area contributed by atoms with Crippen molar-refractivity contribution in [2.75, 3.05) is 5.75 Å². The average molecular weight is 552 g/mol. The van der Waals surface area contributed by atoms with Gasteiger partial charge in [-0.25, -0.2) is 17.2 Å². The molecule has 1 N–H and O–H groups in total. The number of nitrogens with zero attached hydrogens (tertiary/aromatic N) is 1. The molecule has 0 saturated heterocycles. The molecular formula is C31H31F2NO4S. The predicted octanol–water partition coefficient (Wildman–Crippen LogP) is 6.85. The Kier molecular flexibility index (Phi) is 7.98. The van der Waals surface area contributed by atoms with Crippen LogP contribution in [-0.4, -0.2) is 36.8 Å². The fourth-order valence-electron chi connectivity index (χ4n) is 5.03. The largest absolute Gasteiger partial charge is 0.445 e. The van der Waals surface area contributed by atoms with Gasteiger partial charge in [0, 0.05) is 34.5 Å². The Morgan fingerprint density at radius 2 is 1.95 bits per heavy atom. The molecule has 5 nitrogen and oxygen atoms in total. The zero-order valence-electron chi connectivity index (χ0n) is 21.5. The molecule has 5 rings (SSSR count). The summed E-state index contributed by atoms with van der Waals surface area (Å²) in [6, 6.07) is 12.5. The molecule has 0 radical (unpaired) electrons. The van der Waals surface area contributed by atoms with Crippen LogP contribution in [0.4, 0.5) is 8.78 Å². The van der Waals surface area contributed by atoms with E-state index in [2.05, 4.69) is 10.7 Å². The summed E-state index contributed by atoms with van der Waals surface area (Å²) in [7, 11) is -3.59. The third-order valence-electron chi connectivity index (χ3n) is 7.64. The van der Waals surface area contributed by atoms with E-state index in [0.717, 1.165) is 29.5 Å². The van der Waals surface area contributed by atoms with E-state index in [1.54, 1.807) is 36.5 Å². The molecule has 3 aromatic rings. The second-order valence-corrected chi connectivity index (χ2v) is 12.4. The number of aromatic nitrogens is 1. The van der Waals surface area contributed by atoms with Crippen LogP contribution in [0.2, 0.25) is 0 Å². The molecule has 0 bridgehead atoms. The Hall–Kier alpha value is -3.32. The van der Waals surface area contributed by atoms with Gasteiger partial charge in [-0.15, -0.1) is 5.73 Å². The number of hydrogen-bond donors (Lipinski definition) is 1. The topological polar surface area (TPSA) is 80.4 Å². The smallest absolute Gasteiger partial charge is 0.263 e. The summed E-state index contributed by atoms with van der Waals surface area (Å²) in [4.78, 5) is 4.44.